The van der Waals surface area contributed by atoms with Crippen LogP contribution in [-0.4, -0.2) is 49.9 Å². The van der Waals surface area contributed by atoms with Crippen molar-refractivity contribution >= 4 is 5.91 Å². The molecular weight excluding hydrogens is 228 g/mol. The van der Waals surface area contributed by atoms with Crippen LogP contribution in [-0.2, 0) is 9.53 Å². The number of quaternary nitrogens is 1. The highest BCUT2D eigenvalue weighted by molar-refractivity contribution is 5.86. The Kier molecular flexibility index (Phi) is 6.00. The van der Waals surface area contributed by atoms with Crippen molar-refractivity contribution in [3.05, 3.63) is 12.7 Å². The monoisotopic (exact) mass is 248 g/mol. The Bertz CT molecular complexity index is 252. The first-order valence-corrected chi connectivity index (χ1v) is 5.36. The van der Waals surface area contributed by atoms with Gasteiger partial charge in [-0.15, -0.1) is 0 Å². The normalized spacial score (nSPS) is 20.6. The van der Waals surface area contributed by atoms with Crippen molar-refractivity contribution in [1.82, 2.24) is 5.32 Å². The molecule has 1 aliphatic rings. The molecule has 2 atom stereocenters. The van der Waals surface area contributed by atoms with Crippen molar-refractivity contribution in [2.75, 3.05) is 27.2 Å². The smallest absolute Gasteiger partial charge is 0.247 e. The fraction of sp³-hybridized carbons (Fsp3) is 0.727. The molecule has 0 bridgehead atoms. The highest BCUT2D eigenvalue weighted by Crippen LogP contribution is 2.17. The standard InChI is InChI=1S/C11H20N2O2.ClH/c1-5-10(12-11(14)6-2)13(3,4)7-9-8-15-9;/h6,9-10H,2,5,7-8H2,1,3-4H3;1H. The van der Waals surface area contributed by atoms with Gasteiger partial charge in [-0.2, -0.15) is 0 Å². The molecule has 1 fully saturated rings. The Hall–Kier alpha value is -0.580. The maximum atomic E-state index is 11.3. The van der Waals surface area contributed by atoms with E-state index in [1.54, 1.807) is 0 Å². The first-order chi connectivity index (χ1) is 6.99. The second-order valence-corrected chi connectivity index (χ2v) is 4.55. The minimum atomic E-state index is -0.107. The lowest BCUT2D eigenvalue weighted by Crippen LogP contribution is -3.00. The molecule has 16 heavy (non-hydrogen) atoms. The number of epoxide rings is 1. The van der Waals surface area contributed by atoms with Gasteiger partial charge in [-0.3, -0.25) is 4.79 Å². The Morgan fingerprint density at radius 2 is 2.25 bits per heavy atom. The lowest BCUT2D eigenvalue weighted by molar-refractivity contribution is -0.917. The zero-order valence-corrected chi connectivity index (χ0v) is 11.0. The van der Waals surface area contributed by atoms with Crippen molar-refractivity contribution in [3.8, 4) is 0 Å². The zero-order valence-electron chi connectivity index (χ0n) is 10.2. The van der Waals surface area contributed by atoms with E-state index in [9.17, 15) is 4.79 Å². The number of halogens is 1. The largest absolute Gasteiger partial charge is 1.00 e. The number of carbonyl (C=O) groups excluding carboxylic acids is 1. The van der Waals surface area contributed by atoms with E-state index in [-0.39, 0.29) is 24.5 Å². The van der Waals surface area contributed by atoms with Gasteiger partial charge in [0.2, 0.25) is 5.91 Å². The predicted molar refractivity (Wildman–Crippen MR) is 59.1 cm³/mol. The van der Waals surface area contributed by atoms with Crippen molar-refractivity contribution in [1.29, 1.82) is 0 Å². The Labute approximate surface area is 104 Å². The highest BCUT2D eigenvalue weighted by atomic mass is 35.5. The van der Waals surface area contributed by atoms with E-state index in [1.165, 1.54) is 6.08 Å². The van der Waals surface area contributed by atoms with Crippen LogP contribution < -0.4 is 17.7 Å². The van der Waals surface area contributed by atoms with E-state index in [4.69, 9.17) is 4.74 Å². The molecule has 1 heterocycles. The summed E-state index contributed by atoms with van der Waals surface area (Å²) in [6.45, 7) is 7.33. The summed E-state index contributed by atoms with van der Waals surface area (Å²) < 4.78 is 5.97. The summed E-state index contributed by atoms with van der Waals surface area (Å²) in [6.07, 6.45) is 2.71. The van der Waals surface area contributed by atoms with Crippen LogP contribution in [0.2, 0.25) is 0 Å². The Morgan fingerprint density at radius 1 is 1.69 bits per heavy atom. The molecule has 1 rings (SSSR count). The third-order valence-corrected chi connectivity index (χ3v) is 2.80. The van der Waals surface area contributed by atoms with Crippen LogP contribution >= 0.6 is 0 Å². The molecule has 0 aromatic rings. The van der Waals surface area contributed by atoms with Gasteiger partial charge in [0.05, 0.1) is 20.7 Å². The summed E-state index contributed by atoms with van der Waals surface area (Å²) in [5.74, 6) is -0.107. The summed E-state index contributed by atoms with van der Waals surface area (Å²) in [4.78, 5) is 11.3. The van der Waals surface area contributed by atoms with Crippen molar-refractivity contribution in [3.63, 3.8) is 0 Å². The number of hydrogen-bond donors (Lipinski definition) is 1. The number of nitrogens with one attached hydrogen (secondary N) is 1. The Balaban J connectivity index is 0.00000225. The van der Waals surface area contributed by atoms with Gasteiger partial charge in [0, 0.05) is 6.42 Å². The average molecular weight is 249 g/mol. The van der Waals surface area contributed by atoms with Crippen LogP contribution in [0, 0.1) is 0 Å². The van der Waals surface area contributed by atoms with E-state index in [2.05, 4.69) is 32.9 Å². The maximum absolute atomic E-state index is 11.3. The van der Waals surface area contributed by atoms with Crippen molar-refractivity contribution in [2.24, 2.45) is 0 Å². The molecule has 1 amide bonds. The molecule has 1 N–H and O–H groups in total. The number of hydrogen-bond acceptors (Lipinski definition) is 2. The van der Waals surface area contributed by atoms with E-state index < -0.39 is 0 Å². The van der Waals surface area contributed by atoms with Crippen LogP contribution in [0.15, 0.2) is 12.7 Å². The molecule has 5 heteroatoms. The zero-order chi connectivity index (χ0) is 11.5. The van der Waals surface area contributed by atoms with Gasteiger partial charge >= 0.3 is 0 Å². The summed E-state index contributed by atoms with van der Waals surface area (Å²) >= 11 is 0. The molecule has 0 radical (unpaired) electrons. The van der Waals surface area contributed by atoms with Gasteiger partial charge in [0.15, 0.2) is 6.17 Å². The van der Waals surface area contributed by atoms with Gasteiger partial charge in [-0.1, -0.05) is 13.5 Å². The fourth-order valence-electron chi connectivity index (χ4n) is 1.82. The fourth-order valence-corrected chi connectivity index (χ4v) is 1.82. The first kappa shape index (κ1) is 15.4. The van der Waals surface area contributed by atoms with Crippen LogP contribution in [0.25, 0.3) is 0 Å². The molecule has 0 aliphatic carbocycles. The third kappa shape index (κ3) is 4.51. The summed E-state index contributed by atoms with van der Waals surface area (Å²) in [7, 11) is 4.22. The number of carbonyl (C=O) groups is 1. The number of amides is 1. The van der Waals surface area contributed by atoms with Gasteiger partial charge in [0.1, 0.15) is 12.6 Å². The van der Waals surface area contributed by atoms with Crippen LogP contribution in [0.1, 0.15) is 13.3 Å². The van der Waals surface area contributed by atoms with Crippen LogP contribution in [0.4, 0.5) is 0 Å². The molecule has 94 valence electrons. The van der Waals surface area contributed by atoms with E-state index in [1.807, 2.05) is 0 Å². The van der Waals surface area contributed by atoms with Gasteiger partial charge in [0.25, 0.3) is 0 Å². The van der Waals surface area contributed by atoms with E-state index >= 15 is 0 Å². The van der Waals surface area contributed by atoms with Gasteiger partial charge in [-0.25, -0.2) is 0 Å². The summed E-state index contributed by atoms with van der Waals surface area (Å²) in [5, 5.41) is 2.95. The molecule has 0 saturated carbocycles. The van der Waals surface area contributed by atoms with E-state index in [0.29, 0.717) is 6.10 Å². The van der Waals surface area contributed by atoms with Crippen molar-refractivity contribution in [2.45, 2.75) is 25.6 Å². The molecule has 4 nitrogen and oxygen atoms in total. The average Bonchev–Trinajstić information content (AvgIpc) is 2.96. The second-order valence-electron chi connectivity index (χ2n) is 4.55. The SMILES string of the molecule is C=CC(=O)NC(CC)[N+](C)(C)CC1CO1.[Cl-]. The predicted octanol–water partition coefficient (Wildman–Crippen LogP) is -2.50. The first-order valence-electron chi connectivity index (χ1n) is 5.36. The van der Waals surface area contributed by atoms with Crippen LogP contribution in [0.3, 0.4) is 0 Å². The summed E-state index contributed by atoms with van der Waals surface area (Å²) in [6, 6.07) is 0. The topological polar surface area (TPSA) is 41.6 Å². The van der Waals surface area contributed by atoms with E-state index in [0.717, 1.165) is 24.1 Å². The highest BCUT2D eigenvalue weighted by Gasteiger charge is 2.36. The number of ether oxygens (including phenoxy) is 1. The number of likely N-dealkylation sites (N-methyl/N-ethyl adjacent to an activating group) is 1. The molecule has 1 aliphatic heterocycles. The third-order valence-electron chi connectivity index (χ3n) is 2.80. The number of rotatable bonds is 6. The Morgan fingerprint density at radius 3 is 2.62 bits per heavy atom. The second kappa shape index (κ2) is 6.23. The molecule has 0 spiro atoms. The van der Waals surface area contributed by atoms with Crippen molar-refractivity contribution < 1.29 is 26.4 Å². The summed E-state index contributed by atoms with van der Waals surface area (Å²) in [5.41, 5.74) is 0. The molecular formula is C11H21ClN2O2. The molecule has 2 unspecified atom stereocenters. The van der Waals surface area contributed by atoms with Crippen LogP contribution in [0.5, 0.6) is 0 Å². The quantitative estimate of drug-likeness (QED) is 0.245. The lowest BCUT2D eigenvalue weighted by Gasteiger charge is -2.37. The number of nitrogens with zero attached hydrogens (tertiary/aromatic N) is 1. The molecule has 0 aromatic heterocycles. The maximum Gasteiger partial charge on any atom is 0.247 e. The van der Waals surface area contributed by atoms with Gasteiger partial charge in [-0.05, 0) is 6.08 Å². The minimum absolute atomic E-state index is 0. The lowest BCUT2D eigenvalue weighted by atomic mass is 10.2. The molecule has 1 saturated heterocycles. The minimum Gasteiger partial charge on any atom is -1.00 e. The molecule has 0 aromatic carbocycles. The van der Waals surface area contributed by atoms with Gasteiger partial charge < -0.3 is 26.9 Å².